The van der Waals surface area contributed by atoms with Gasteiger partial charge in [0.15, 0.2) is 0 Å². The third-order valence-electron chi connectivity index (χ3n) is 3.54. The Labute approximate surface area is 138 Å². The lowest BCUT2D eigenvalue weighted by Crippen LogP contribution is -2.42. The standard InChI is InChI=1S/C15H17Cl2F2NO2/c1-14(2,3)22-13(21)8-4-9(5-8)15(18,19)10-6-11(16)20-12(17)7-10/h6-9H,4-5H2,1-3H3. The minimum atomic E-state index is -3.10. The van der Waals surface area contributed by atoms with Crippen molar-refractivity contribution in [2.24, 2.45) is 11.8 Å². The summed E-state index contributed by atoms with van der Waals surface area (Å²) in [5.41, 5.74) is -0.887. The fourth-order valence-electron chi connectivity index (χ4n) is 2.38. The largest absolute Gasteiger partial charge is 0.460 e. The van der Waals surface area contributed by atoms with Crippen LogP contribution in [-0.4, -0.2) is 16.6 Å². The maximum Gasteiger partial charge on any atom is 0.309 e. The molecule has 1 heterocycles. The highest BCUT2D eigenvalue weighted by Crippen LogP contribution is 2.50. The predicted molar refractivity (Wildman–Crippen MR) is 80.2 cm³/mol. The van der Waals surface area contributed by atoms with Gasteiger partial charge in [-0.25, -0.2) is 13.8 Å². The second-order valence-corrected chi connectivity index (χ2v) is 7.30. The Kier molecular flexibility index (Phi) is 4.69. The second-order valence-electron chi connectivity index (χ2n) is 6.52. The minimum Gasteiger partial charge on any atom is -0.460 e. The fourth-order valence-corrected chi connectivity index (χ4v) is 2.84. The second kappa shape index (κ2) is 5.93. The molecule has 1 aromatic heterocycles. The van der Waals surface area contributed by atoms with Crippen molar-refractivity contribution in [3.8, 4) is 0 Å². The molecule has 3 nitrogen and oxygen atoms in total. The monoisotopic (exact) mass is 351 g/mol. The molecule has 7 heteroatoms. The lowest BCUT2D eigenvalue weighted by atomic mass is 9.70. The lowest BCUT2D eigenvalue weighted by Gasteiger charge is -2.39. The van der Waals surface area contributed by atoms with Crippen molar-refractivity contribution in [2.45, 2.75) is 45.1 Å². The van der Waals surface area contributed by atoms with Crippen molar-refractivity contribution in [3.05, 3.63) is 28.0 Å². The van der Waals surface area contributed by atoms with Crippen molar-refractivity contribution in [2.75, 3.05) is 0 Å². The molecule has 0 bridgehead atoms. The van der Waals surface area contributed by atoms with Gasteiger partial charge in [-0.2, -0.15) is 0 Å². The quantitative estimate of drug-likeness (QED) is 0.577. The van der Waals surface area contributed by atoms with Crippen LogP contribution < -0.4 is 0 Å². The molecule has 2 rings (SSSR count). The normalized spacial score (nSPS) is 22.1. The summed E-state index contributed by atoms with van der Waals surface area (Å²) < 4.78 is 34.1. The van der Waals surface area contributed by atoms with Crippen LogP contribution in [0.15, 0.2) is 12.1 Å². The summed E-state index contributed by atoms with van der Waals surface area (Å²) in [6.45, 7) is 5.24. The number of hydrogen-bond donors (Lipinski definition) is 0. The van der Waals surface area contributed by atoms with E-state index in [1.807, 2.05) is 0 Å². The van der Waals surface area contributed by atoms with Gasteiger partial charge in [-0.1, -0.05) is 23.2 Å². The SMILES string of the molecule is CC(C)(C)OC(=O)C1CC(C(F)(F)c2cc(Cl)nc(Cl)c2)C1. The Morgan fingerprint density at radius 3 is 2.18 bits per heavy atom. The van der Waals surface area contributed by atoms with E-state index in [1.54, 1.807) is 20.8 Å². The van der Waals surface area contributed by atoms with E-state index in [9.17, 15) is 13.6 Å². The number of hydrogen-bond acceptors (Lipinski definition) is 3. The van der Waals surface area contributed by atoms with Gasteiger partial charge < -0.3 is 4.74 Å². The molecule has 0 saturated heterocycles. The van der Waals surface area contributed by atoms with E-state index in [1.165, 1.54) is 0 Å². The molecule has 0 spiro atoms. The predicted octanol–water partition coefficient (Wildman–Crippen LogP) is 4.85. The first-order valence-corrected chi connectivity index (χ1v) is 7.69. The van der Waals surface area contributed by atoms with Crippen molar-refractivity contribution < 1.29 is 18.3 Å². The van der Waals surface area contributed by atoms with Crippen molar-refractivity contribution in [3.63, 3.8) is 0 Å². The van der Waals surface area contributed by atoms with Crippen LogP contribution in [0.3, 0.4) is 0 Å². The number of esters is 1. The molecule has 1 aromatic rings. The average molecular weight is 352 g/mol. The summed E-state index contributed by atoms with van der Waals surface area (Å²) >= 11 is 11.3. The summed E-state index contributed by atoms with van der Waals surface area (Å²) in [6.07, 6.45) is 0.166. The van der Waals surface area contributed by atoms with E-state index in [2.05, 4.69) is 4.98 Å². The minimum absolute atomic E-state index is 0.0785. The van der Waals surface area contributed by atoms with E-state index in [0.717, 1.165) is 12.1 Å². The zero-order valence-electron chi connectivity index (χ0n) is 12.5. The highest BCUT2D eigenvalue weighted by molar-refractivity contribution is 6.32. The van der Waals surface area contributed by atoms with Crippen LogP contribution >= 0.6 is 23.2 Å². The van der Waals surface area contributed by atoms with E-state index < -0.39 is 29.3 Å². The number of halogens is 4. The third-order valence-corrected chi connectivity index (χ3v) is 3.93. The van der Waals surface area contributed by atoms with Crippen LogP contribution in [0.5, 0.6) is 0 Å². The number of carbonyl (C=O) groups is 1. The first-order chi connectivity index (χ1) is 9.99. The van der Waals surface area contributed by atoms with E-state index in [0.29, 0.717) is 0 Å². The molecule has 122 valence electrons. The summed E-state index contributed by atoms with van der Waals surface area (Å²) in [5.74, 6) is -4.94. The maximum absolute atomic E-state index is 14.4. The number of aromatic nitrogens is 1. The van der Waals surface area contributed by atoms with Gasteiger partial charge in [-0.05, 0) is 45.7 Å². The number of ether oxygens (including phenoxy) is 1. The third kappa shape index (κ3) is 3.87. The molecular formula is C15H17Cl2F2NO2. The first kappa shape index (κ1) is 17.4. The van der Waals surface area contributed by atoms with Gasteiger partial charge in [0.25, 0.3) is 5.92 Å². The number of pyridine rings is 1. The van der Waals surface area contributed by atoms with Crippen LogP contribution in [0, 0.1) is 11.8 Å². The molecule has 1 aliphatic rings. The Balaban J connectivity index is 2.03. The van der Waals surface area contributed by atoms with Crippen LogP contribution in [0.4, 0.5) is 8.78 Å². The number of carbonyl (C=O) groups excluding carboxylic acids is 1. The maximum atomic E-state index is 14.4. The zero-order valence-corrected chi connectivity index (χ0v) is 14.0. The Hall–Kier alpha value is -0.940. The fraction of sp³-hybridized carbons (Fsp3) is 0.600. The van der Waals surface area contributed by atoms with Gasteiger partial charge in [-0.15, -0.1) is 0 Å². The summed E-state index contributed by atoms with van der Waals surface area (Å²) in [4.78, 5) is 15.5. The van der Waals surface area contributed by atoms with Gasteiger partial charge in [0.1, 0.15) is 15.9 Å². The average Bonchev–Trinajstić information content (AvgIpc) is 2.21. The number of nitrogens with zero attached hydrogens (tertiary/aromatic N) is 1. The van der Waals surface area contributed by atoms with Crippen molar-refractivity contribution in [1.82, 2.24) is 4.98 Å². The van der Waals surface area contributed by atoms with Crippen molar-refractivity contribution in [1.29, 1.82) is 0 Å². The van der Waals surface area contributed by atoms with Gasteiger partial charge in [0, 0.05) is 11.5 Å². The van der Waals surface area contributed by atoms with Crippen LogP contribution in [0.1, 0.15) is 39.2 Å². The van der Waals surface area contributed by atoms with Gasteiger partial charge in [0.05, 0.1) is 5.92 Å². The molecule has 0 radical (unpaired) electrons. The van der Waals surface area contributed by atoms with E-state index in [4.69, 9.17) is 27.9 Å². The molecule has 1 aliphatic carbocycles. The Bertz CT molecular complexity index is 561. The smallest absolute Gasteiger partial charge is 0.309 e. The summed E-state index contributed by atoms with van der Waals surface area (Å²) in [7, 11) is 0. The van der Waals surface area contributed by atoms with Gasteiger partial charge in [0.2, 0.25) is 0 Å². The highest BCUT2D eigenvalue weighted by Gasteiger charge is 2.51. The lowest BCUT2D eigenvalue weighted by molar-refractivity contribution is -0.174. The van der Waals surface area contributed by atoms with Crippen LogP contribution in [-0.2, 0) is 15.5 Å². The Morgan fingerprint density at radius 1 is 1.23 bits per heavy atom. The molecule has 22 heavy (non-hydrogen) atoms. The zero-order chi connectivity index (χ0) is 16.7. The van der Waals surface area contributed by atoms with Gasteiger partial charge in [-0.3, -0.25) is 4.79 Å². The first-order valence-electron chi connectivity index (χ1n) is 6.93. The molecule has 1 fully saturated rings. The van der Waals surface area contributed by atoms with Gasteiger partial charge >= 0.3 is 5.97 Å². The molecule has 0 N–H and O–H groups in total. The molecule has 0 amide bonds. The molecule has 0 unspecified atom stereocenters. The Morgan fingerprint density at radius 2 is 1.73 bits per heavy atom. The number of rotatable bonds is 3. The topological polar surface area (TPSA) is 39.2 Å². The molecule has 1 saturated carbocycles. The van der Waals surface area contributed by atoms with E-state index >= 15 is 0 Å². The van der Waals surface area contributed by atoms with E-state index in [-0.39, 0.29) is 28.7 Å². The molecule has 0 aromatic carbocycles. The number of alkyl halides is 2. The highest BCUT2D eigenvalue weighted by atomic mass is 35.5. The molecule has 0 atom stereocenters. The molecule has 0 aliphatic heterocycles. The molecular weight excluding hydrogens is 335 g/mol. The summed E-state index contributed by atoms with van der Waals surface area (Å²) in [6, 6.07) is 2.21. The van der Waals surface area contributed by atoms with Crippen LogP contribution in [0.25, 0.3) is 0 Å². The van der Waals surface area contributed by atoms with Crippen molar-refractivity contribution >= 4 is 29.2 Å². The van der Waals surface area contributed by atoms with Crippen LogP contribution in [0.2, 0.25) is 10.3 Å². The summed E-state index contributed by atoms with van der Waals surface area (Å²) in [5, 5.41) is -0.157.